The van der Waals surface area contributed by atoms with Crippen molar-refractivity contribution in [2.45, 2.75) is 26.4 Å². The Morgan fingerprint density at radius 2 is 1.74 bits per heavy atom. The Morgan fingerprint density at radius 1 is 1.13 bits per heavy atom. The fourth-order valence-electron chi connectivity index (χ4n) is 1.79. The van der Waals surface area contributed by atoms with Gasteiger partial charge < -0.3 is 10.1 Å². The zero-order valence-electron chi connectivity index (χ0n) is 12.8. The Morgan fingerprint density at radius 3 is 2.30 bits per heavy atom. The number of hydrogen-bond donors (Lipinski definition) is 1. The molecule has 2 aromatic rings. The van der Waals surface area contributed by atoms with E-state index in [4.69, 9.17) is 4.74 Å². The van der Waals surface area contributed by atoms with E-state index in [9.17, 15) is 18.0 Å². The number of pyridine rings is 1. The van der Waals surface area contributed by atoms with Crippen molar-refractivity contribution < 1.29 is 22.7 Å². The van der Waals surface area contributed by atoms with Crippen LogP contribution in [0.5, 0.6) is 5.75 Å². The van der Waals surface area contributed by atoms with Crippen LogP contribution in [0, 0.1) is 17.7 Å². The van der Waals surface area contributed by atoms with Crippen molar-refractivity contribution in [2.24, 2.45) is 0 Å². The number of anilines is 1. The van der Waals surface area contributed by atoms with Gasteiger partial charge >= 0.3 is 0 Å². The lowest BCUT2D eigenvalue weighted by Gasteiger charge is -2.21. The smallest absolute Gasteiger partial charge is 0.258 e. The number of aromatic nitrogens is 1. The highest BCUT2D eigenvalue weighted by molar-refractivity contribution is 6.04. The Hall–Kier alpha value is -2.57. The molecule has 1 amide bonds. The second kappa shape index (κ2) is 6.28. The average Bonchev–Trinajstić information content (AvgIpc) is 2.43. The largest absolute Gasteiger partial charge is 0.488 e. The number of nitrogens with zero attached hydrogens (tertiary/aromatic N) is 1. The topological polar surface area (TPSA) is 51.2 Å². The Kier molecular flexibility index (Phi) is 4.58. The van der Waals surface area contributed by atoms with Gasteiger partial charge in [-0.25, -0.2) is 4.39 Å². The molecule has 1 N–H and O–H groups in total. The fraction of sp³-hybridized carbons (Fsp3) is 0.250. The Balaban J connectivity index is 2.15. The lowest BCUT2D eigenvalue weighted by molar-refractivity contribution is 0.102. The number of carbonyl (C=O) groups excluding carboxylic acids is 1. The highest BCUT2D eigenvalue weighted by atomic mass is 19.2. The molecule has 2 rings (SSSR count). The minimum atomic E-state index is -1.66. The molecule has 0 unspecified atom stereocenters. The molecule has 122 valence electrons. The first-order chi connectivity index (χ1) is 10.7. The molecule has 0 aliphatic rings. The summed E-state index contributed by atoms with van der Waals surface area (Å²) in [5.74, 6) is -4.83. The summed E-state index contributed by atoms with van der Waals surface area (Å²) in [6, 6.07) is 6.83. The van der Waals surface area contributed by atoms with Crippen molar-refractivity contribution in [3.63, 3.8) is 0 Å². The van der Waals surface area contributed by atoms with Gasteiger partial charge in [0, 0.05) is 11.8 Å². The van der Waals surface area contributed by atoms with Crippen molar-refractivity contribution >= 4 is 11.6 Å². The van der Waals surface area contributed by atoms with Crippen LogP contribution in [0.25, 0.3) is 0 Å². The number of nitrogens with one attached hydrogen (secondary N) is 1. The maximum Gasteiger partial charge on any atom is 0.258 e. The third-order valence-corrected chi connectivity index (χ3v) is 2.67. The summed E-state index contributed by atoms with van der Waals surface area (Å²) in [5, 5.41) is 2.35. The number of amides is 1. The van der Waals surface area contributed by atoms with Crippen LogP contribution in [0.3, 0.4) is 0 Å². The summed E-state index contributed by atoms with van der Waals surface area (Å²) in [4.78, 5) is 14.6. The Labute approximate surface area is 131 Å². The van der Waals surface area contributed by atoms with Crippen LogP contribution in [0.15, 0.2) is 30.3 Å². The van der Waals surface area contributed by atoms with Crippen LogP contribution < -0.4 is 10.1 Å². The third kappa shape index (κ3) is 4.45. The van der Waals surface area contributed by atoms with E-state index in [0.29, 0.717) is 17.5 Å². The number of hydrogen-bond acceptors (Lipinski definition) is 3. The first kappa shape index (κ1) is 16.8. The zero-order chi connectivity index (χ0) is 17.2. The molecule has 0 saturated heterocycles. The quantitative estimate of drug-likeness (QED) is 0.871. The normalized spacial score (nSPS) is 11.2. The Bertz CT molecular complexity index is 725. The fourth-order valence-corrected chi connectivity index (χ4v) is 1.79. The maximum absolute atomic E-state index is 13.5. The van der Waals surface area contributed by atoms with E-state index in [1.54, 1.807) is 12.1 Å². The van der Waals surface area contributed by atoms with Crippen molar-refractivity contribution in [3.05, 3.63) is 53.6 Å². The molecule has 0 spiro atoms. The molecule has 1 heterocycles. The van der Waals surface area contributed by atoms with Gasteiger partial charge in [-0.2, -0.15) is 13.8 Å². The first-order valence-electron chi connectivity index (χ1n) is 6.78. The molecule has 1 aromatic heterocycles. The predicted molar refractivity (Wildman–Crippen MR) is 78.9 cm³/mol. The molecule has 23 heavy (non-hydrogen) atoms. The number of ether oxygens (including phenoxy) is 1. The summed E-state index contributed by atoms with van der Waals surface area (Å²) in [5.41, 5.74) is -0.807. The van der Waals surface area contributed by atoms with E-state index >= 15 is 0 Å². The average molecular weight is 324 g/mol. The molecule has 0 saturated carbocycles. The minimum Gasteiger partial charge on any atom is -0.488 e. The lowest BCUT2D eigenvalue weighted by atomic mass is 10.2. The molecule has 4 nitrogen and oxygen atoms in total. The summed E-state index contributed by atoms with van der Waals surface area (Å²) in [7, 11) is 0. The molecule has 0 bridgehead atoms. The number of halogens is 3. The van der Waals surface area contributed by atoms with Gasteiger partial charge in [0.1, 0.15) is 11.4 Å². The SMILES string of the molecule is CC(C)(C)Oc1ccc(NC(=O)c2cc(F)nc(F)c2F)cc1. The van der Waals surface area contributed by atoms with Gasteiger partial charge in [0.2, 0.25) is 5.95 Å². The van der Waals surface area contributed by atoms with Crippen molar-refractivity contribution in [1.82, 2.24) is 4.98 Å². The number of benzene rings is 1. The number of rotatable bonds is 3. The lowest BCUT2D eigenvalue weighted by Crippen LogP contribution is -2.22. The van der Waals surface area contributed by atoms with Crippen LogP contribution in [0.4, 0.5) is 18.9 Å². The van der Waals surface area contributed by atoms with Crippen molar-refractivity contribution in [3.8, 4) is 5.75 Å². The molecular weight excluding hydrogens is 309 g/mol. The molecule has 0 aliphatic carbocycles. The maximum atomic E-state index is 13.5. The van der Waals surface area contributed by atoms with E-state index in [1.807, 2.05) is 20.8 Å². The van der Waals surface area contributed by atoms with Crippen molar-refractivity contribution in [1.29, 1.82) is 0 Å². The van der Waals surface area contributed by atoms with E-state index in [-0.39, 0.29) is 5.60 Å². The van der Waals surface area contributed by atoms with Gasteiger partial charge in [0.05, 0.1) is 5.56 Å². The molecular formula is C16H15F3N2O2. The minimum absolute atomic E-state index is 0.327. The molecule has 7 heteroatoms. The highest BCUT2D eigenvalue weighted by Crippen LogP contribution is 2.21. The molecule has 0 radical (unpaired) electrons. The standard InChI is InChI=1S/C16H15F3N2O2/c1-16(2,3)23-10-6-4-9(5-7-10)20-15(22)11-8-12(17)21-14(19)13(11)18/h4-8H,1-3H3,(H,20,22). The van der Waals surface area contributed by atoms with Crippen LogP contribution >= 0.6 is 0 Å². The molecule has 0 fully saturated rings. The molecule has 0 atom stereocenters. The zero-order valence-corrected chi connectivity index (χ0v) is 12.8. The van der Waals surface area contributed by atoms with Gasteiger partial charge in [-0.05, 0) is 45.0 Å². The van der Waals surface area contributed by atoms with Crippen LogP contribution in [0.2, 0.25) is 0 Å². The monoisotopic (exact) mass is 324 g/mol. The summed E-state index contributed by atoms with van der Waals surface area (Å²) in [6.07, 6.45) is 0. The first-order valence-corrected chi connectivity index (χ1v) is 6.78. The van der Waals surface area contributed by atoms with Gasteiger partial charge in [-0.3, -0.25) is 4.79 Å². The summed E-state index contributed by atoms with van der Waals surface area (Å²) >= 11 is 0. The van der Waals surface area contributed by atoms with E-state index in [0.717, 1.165) is 0 Å². The van der Waals surface area contributed by atoms with E-state index in [1.165, 1.54) is 12.1 Å². The number of carbonyl (C=O) groups is 1. The van der Waals surface area contributed by atoms with E-state index in [2.05, 4.69) is 10.3 Å². The second-order valence-corrected chi connectivity index (χ2v) is 5.79. The van der Waals surface area contributed by atoms with E-state index < -0.39 is 29.2 Å². The van der Waals surface area contributed by atoms with Crippen molar-refractivity contribution in [2.75, 3.05) is 5.32 Å². The summed E-state index contributed by atoms with van der Waals surface area (Å²) in [6.45, 7) is 5.66. The van der Waals surface area contributed by atoms with Gasteiger partial charge in [-0.1, -0.05) is 0 Å². The predicted octanol–water partition coefficient (Wildman–Crippen LogP) is 3.93. The molecule has 1 aromatic carbocycles. The second-order valence-electron chi connectivity index (χ2n) is 5.79. The van der Waals surface area contributed by atoms with Crippen LogP contribution in [-0.4, -0.2) is 16.5 Å². The van der Waals surface area contributed by atoms with Gasteiger partial charge in [-0.15, -0.1) is 0 Å². The van der Waals surface area contributed by atoms with Crippen LogP contribution in [0.1, 0.15) is 31.1 Å². The summed E-state index contributed by atoms with van der Waals surface area (Å²) < 4.78 is 45.1. The molecule has 0 aliphatic heterocycles. The highest BCUT2D eigenvalue weighted by Gasteiger charge is 2.19. The van der Waals surface area contributed by atoms with Gasteiger partial charge in [0.25, 0.3) is 11.9 Å². The third-order valence-electron chi connectivity index (χ3n) is 2.67. The van der Waals surface area contributed by atoms with Crippen LogP contribution in [-0.2, 0) is 0 Å². The van der Waals surface area contributed by atoms with Gasteiger partial charge in [0.15, 0.2) is 5.82 Å².